The van der Waals surface area contributed by atoms with Crippen LogP contribution in [0.4, 0.5) is 0 Å². The number of methoxy groups -OCH3 is 1. The van der Waals surface area contributed by atoms with Crippen LogP contribution in [0.3, 0.4) is 0 Å². The second-order valence-electron chi connectivity index (χ2n) is 9.26. The van der Waals surface area contributed by atoms with Gasteiger partial charge in [0.05, 0.1) is 27.9 Å². The smallest absolute Gasteiger partial charge is 0.308 e. The van der Waals surface area contributed by atoms with Crippen molar-refractivity contribution >= 4 is 60.9 Å². The van der Waals surface area contributed by atoms with Gasteiger partial charge >= 0.3 is 5.97 Å². The normalized spacial score (nSPS) is 16.2. The number of carbonyl (C=O) groups is 1. The van der Waals surface area contributed by atoms with E-state index >= 15 is 0 Å². The molecule has 9 heteroatoms. The monoisotopic (exact) mass is 664 g/mol. The van der Waals surface area contributed by atoms with Crippen molar-refractivity contribution in [3.05, 3.63) is 117 Å². The molecule has 6 nitrogen and oxygen atoms in total. The van der Waals surface area contributed by atoms with E-state index in [9.17, 15) is 9.59 Å². The van der Waals surface area contributed by atoms with Gasteiger partial charge in [0.1, 0.15) is 5.75 Å². The van der Waals surface area contributed by atoms with E-state index in [2.05, 4.69) is 50.1 Å². The summed E-state index contributed by atoms with van der Waals surface area (Å²) in [4.78, 5) is 31.6. The second-order valence-corrected chi connectivity index (χ2v) is 12.0. The van der Waals surface area contributed by atoms with Crippen LogP contribution in [-0.4, -0.2) is 17.6 Å². The van der Waals surface area contributed by atoms with Crippen molar-refractivity contribution in [1.29, 1.82) is 0 Å². The van der Waals surface area contributed by atoms with E-state index in [1.165, 1.54) is 23.8 Å². The Morgan fingerprint density at radius 2 is 1.87 bits per heavy atom. The number of aromatic nitrogens is 1. The zero-order chi connectivity index (χ0) is 27.3. The molecule has 1 atom stereocenters. The minimum Gasteiger partial charge on any atom is -0.496 e. The number of para-hydroxylation sites is 1. The van der Waals surface area contributed by atoms with E-state index in [1.807, 2.05) is 36.4 Å². The summed E-state index contributed by atoms with van der Waals surface area (Å²) < 4.78 is 14.9. The van der Waals surface area contributed by atoms with Crippen LogP contribution in [0.1, 0.15) is 41.6 Å². The maximum absolute atomic E-state index is 14.1. The largest absolute Gasteiger partial charge is 0.496 e. The predicted octanol–water partition coefficient (Wildman–Crippen LogP) is 5.78. The third-order valence-electron chi connectivity index (χ3n) is 6.88. The summed E-state index contributed by atoms with van der Waals surface area (Å²) in [7, 11) is 1.65. The molecule has 0 N–H and O–H groups in total. The summed E-state index contributed by atoms with van der Waals surface area (Å²) in [5.74, 6) is 0.625. The van der Waals surface area contributed by atoms with E-state index in [0.717, 1.165) is 45.5 Å². The molecule has 2 heterocycles. The van der Waals surface area contributed by atoms with Crippen LogP contribution in [-0.2, 0) is 11.2 Å². The molecule has 0 amide bonds. The number of hydrogen-bond donors (Lipinski definition) is 0. The fourth-order valence-electron chi connectivity index (χ4n) is 5.27. The second kappa shape index (κ2) is 10.4. The van der Waals surface area contributed by atoms with Gasteiger partial charge in [-0.15, -0.1) is 0 Å². The van der Waals surface area contributed by atoms with Gasteiger partial charge in [-0.3, -0.25) is 14.2 Å². The number of halogens is 2. The molecule has 1 aliphatic carbocycles. The summed E-state index contributed by atoms with van der Waals surface area (Å²) in [5.41, 5.74) is 5.73. The number of carbonyl (C=O) groups excluding carboxylic acids is 1. The van der Waals surface area contributed by atoms with Crippen molar-refractivity contribution in [3.63, 3.8) is 0 Å². The summed E-state index contributed by atoms with van der Waals surface area (Å²) >= 11 is 8.31. The highest BCUT2D eigenvalue weighted by atomic mass is 79.9. The molecule has 2 aliphatic rings. The van der Waals surface area contributed by atoms with Crippen molar-refractivity contribution in [2.45, 2.75) is 25.8 Å². The lowest BCUT2D eigenvalue weighted by Crippen LogP contribution is -2.39. The number of benzene rings is 3. The maximum atomic E-state index is 14.1. The molecule has 39 heavy (non-hydrogen) atoms. The van der Waals surface area contributed by atoms with Crippen LogP contribution in [0.2, 0.25) is 0 Å². The van der Waals surface area contributed by atoms with Gasteiger partial charge < -0.3 is 9.47 Å². The van der Waals surface area contributed by atoms with Crippen LogP contribution in [0.5, 0.6) is 11.5 Å². The van der Waals surface area contributed by atoms with Crippen LogP contribution in [0.15, 0.2) is 85.0 Å². The van der Waals surface area contributed by atoms with Gasteiger partial charge in [-0.2, -0.15) is 0 Å². The molecule has 0 fully saturated rings. The van der Waals surface area contributed by atoms with Crippen LogP contribution < -0.4 is 24.4 Å². The number of fused-ring (bicyclic) bond motifs is 3. The van der Waals surface area contributed by atoms with Crippen molar-refractivity contribution in [3.8, 4) is 11.5 Å². The topological polar surface area (TPSA) is 69.9 Å². The third-order valence-corrected chi connectivity index (χ3v) is 8.91. The Kier molecular flexibility index (Phi) is 6.91. The molecular weight excluding hydrogens is 644 g/mol. The minimum absolute atomic E-state index is 0.162. The van der Waals surface area contributed by atoms with Crippen LogP contribution in [0, 0.1) is 0 Å². The molecule has 196 valence electrons. The highest BCUT2D eigenvalue weighted by Crippen LogP contribution is 2.43. The maximum Gasteiger partial charge on any atom is 0.308 e. The van der Waals surface area contributed by atoms with Crippen molar-refractivity contribution in [2.24, 2.45) is 4.99 Å². The molecule has 6 rings (SSSR count). The van der Waals surface area contributed by atoms with Gasteiger partial charge in [-0.1, -0.05) is 69.7 Å². The van der Waals surface area contributed by atoms with Gasteiger partial charge in [-0.05, 0) is 64.2 Å². The summed E-state index contributed by atoms with van der Waals surface area (Å²) in [6.07, 6.45) is 3.42. The first kappa shape index (κ1) is 26.0. The van der Waals surface area contributed by atoms with E-state index in [1.54, 1.807) is 23.8 Å². The highest BCUT2D eigenvalue weighted by Gasteiger charge is 2.34. The number of hydrogen-bond acceptors (Lipinski definition) is 6. The first-order valence-corrected chi connectivity index (χ1v) is 14.7. The lowest BCUT2D eigenvalue weighted by molar-refractivity contribution is -0.131. The minimum atomic E-state index is -0.448. The fourth-order valence-corrected chi connectivity index (χ4v) is 7.60. The third kappa shape index (κ3) is 4.62. The van der Waals surface area contributed by atoms with E-state index < -0.39 is 5.97 Å². The Balaban J connectivity index is 1.64. The molecule has 0 unspecified atom stereocenters. The number of nitrogens with zero attached hydrogens (tertiary/aromatic N) is 2. The quantitative estimate of drug-likeness (QED) is 0.205. The first-order chi connectivity index (χ1) is 18.9. The van der Waals surface area contributed by atoms with Gasteiger partial charge in [0.15, 0.2) is 10.6 Å². The van der Waals surface area contributed by atoms with Gasteiger partial charge in [0.25, 0.3) is 5.56 Å². The van der Waals surface area contributed by atoms with E-state index in [0.29, 0.717) is 25.1 Å². The van der Waals surface area contributed by atoms with Gasteiger partial charge in [-0.25, -0.2) is 4.99 Å². The lowest BCUT2D eigenvalue weighted by atomic mass is 9.83. The standard InChI is InChI=1S/C30H22Br2N2O4S/c1-16(35)38-28-18(13-19(31)15-23(28)32)14-25-29(36)34-27(21-9-5-6-10-24(21)37-2)22-12-11-17-7-3-4-8-20(17)26(22)33-30(34)39-25/h3-10,13-15,27H,11-12H2,1-2H3/b25-14+/t27-/m1/s1. The fraction of sp³-hybridized carbons (Fsp3) is 0.167. The first-order valence-electron chi connectivity index (χ1n) is 12.3. The summed E-state index contributed by atoms with van der Waals surface area (Å²) in [6.45, 7) is 1.35. The summed E-state index contributed by atoms with van der Waals surface area (Å²) in [5, 5.41) is 0. The van der Waals surface area contributed by atoms with Crippen molar-refractivity contribution in [1.82, 2.24) is 4.57 Å². The average Bonchev–Trinajstić information content (AvgIpc) is 3.23. The SMILES string of the molecule is COc1ccccc1[C@@H]1C2=C(N=c3s/c(=C/c4cc(Br)cc(Br)c4OC(C)=O)c(=O)n31)c1ccccc1CC2. The highest BCUT2D eigenvalue weighted by molar-refractivity contribution is 9.11. The molecule has 1 aromatic heterocycles. The Hall–Kier alpha value is -3.27. The van der Waals surface area contributed by atoms with Crippen LogP contribution in [0.25, 0.3) is 11.8 Å². The number of aryl methyl sites for hydroxylation is 1. The number of rotatable bonds is 4. The van der Waals surface area contributed by atoms with E-state index in [4.69, 9.17) is 14.5 Å². The molecular formula is C30H22Br2N2O4S. The van der Waals surface area contributed by atoms with E-state index in [-0.39, 0.29) is 11.6 Å². The number of esters is 1. The molecule has 4 aromatic rings. The molecule has 0 radical (unpaired) electrons. The molecule has 0 saturated heterocycles. The molecule has 0 bridgehead atoms. The Bertz CT molecular complexity index is 1870. The zero-order valence-electron chi connectivity index (χ0n) is 21.0. The lowest BCUT2D eigenvalue weighted by Gasteiger charge is -2.31. The molecule has 3 aromatic carbocycles. The number of thiazole rings is 1. The van der Waals surface area contributed by atoms with Gasteiger partial charge in [0, 0.05) is 28.1 Å². The zero-order valence-corrected chi connectivity index (χ0v) is 25.0. The van der Waals surface area contributed by atoms with Gasteiger partial charge in [0.2, 0.25) is 0 Å². The number of ether oxygens (including phenoxy) is 2. The number of allylic oxidation sites excluding steroid dienone is 1. The van der Waals surface area contributed by atoms with Crippen LogP contribution >= 0.6 is 43.2 Å². The summed E-state index contributed by atoms with van der Waals surface area (Å²) in [6, 6.07) is 19.4. The average molecular weight is 666 g/mol. The Morgan fingerprint density at radius 1 is 1.10 bits per heavy atom. The molecule has 0 saturated carbocycles. The van der Waals surface area contributed by atoms with Crippen molar-refractivity contribution in [2.75, 3.05) is 7.11 Å². The molecule has 1 aliphatic heterocycles. The Morgan fingerprint density at radius 3 is 2.67 bits per heavy atom. The molecule has 0 spiro atoms. The predicted molar refractivity (Wildman–Crippen MR) is 159 cm³/mol. The van der Waals surface area contributed by atoms with Crippen molar-refractivity contribution < 1.29 is 14.3 Å². The Labute approximate surface area is 245 Å².